The second-order valence-electron chi connectivity index (χ2n) is 7.49. The molecule has 2 heterocycles. The minimum atomic E-state index is -0.356. The molecule has 32 heavy (non-hydrogen) atoms. The van der Waals surface area contributed by atoms with Crippen LogP contribution in [0.25, 0.3) is 11.0 Å². The lowest BCUT2D eigenvalue weighted by Crippen LogP contribution is -2.20. The first-order valence-corrected chi connectivity index (χ1v) is 10.1. The van der Waals surface area contributed by atoms with Crippen LogP contribution in [0.5, 0.6) is 11.6 Å². The smallest absolute Gasteiger partial charge is 0.262 e. The van der Waals surface area contributed by atoms with Crippen LogP contribution in [-0.2, 0) is 18.4 Å². The molecule has 0 atom stereocenters. The molecule has 0 saturated carbocycles. The zero-order valence-corrected chi connectivity index (χ0v) is 18.1. The molecule has 4 aromatic rings. The SMILES string of the molecule is Cc1cc(C)c2c(OCC(=O)Nc3cccc(COc4cccc(F)c4)c3)nn(C)c2n1. The van der Waals surface area contributed by atoms with Gasteiger partial charge in [0.05, 0.1) is 5.39 Å². The molecule has 4 rings (SSSR count). The Labute approximate surface area is 184 Å². The van der Waals surface area contributed by atoms with Crippen molar-refractivity contribution in [3.63, 3.8) is 0 Å². The first-order valence-electron chi connectivity index (χ1n) is 10.1. The summed E-state index contributed by atoms with van der Waals surface area (Å²) < 4.78 is 26.2. The Balaban J connectivity index is 1.38. The molecule has 1 N–H and O–H groups in total. The Morgan fingerprint density at radius 1 is 1.09 bits per heavy atom. The van der Waals surface area contributed by atoms with Crippen molar-refractivity contribution in [3.8, 4) is 11.6 Å². The number of benzene rings is 2. The number of amides is 1. The van der Waals surface area contributed by atoms with Gasteiger partial charge >= 0.3 is 0 Å². The molecule has 164 valence electrons. The number of fused-ring (bicyclic) bond motifs is 1. The molecule has 0 spiro atoms. The fourth-order valence-corrected chi connectivity index (χ4v) is 3.44. The van der Waals surface area contributed by atoms with Crippen LogP contribution in [0, 0.1) is 19.7 Å². The summed E-state index contributed by atoms with van der Waals surface area (Å²) in [5, 5.41) is 7.96. The molecule has 0 aliphatic carbocycles. The van der Waals surface area contributed by atoms with Gasteiger partial charge in [-0.25, -0.2) is 14.1 Å². The Morgan fingerprint density at radius 2 is 1.91 bits per heavy atom. The topological polar surface area (TPSA) is 78.3 Å². The molecule has 2 aromatic carbocycles. The van der Waals surface area contributed by atoms with E-state index in [4.69, 9.17) is 9.47 Å². The lowest BCUT2D eigenvalue weighted by molar-refractivity contribution is -0.118. The zero-order valence-electron chi connectivity index (χ0n) is 18.1. The number of aromatic nitrogens is 3. The van der Waals surface area contributed by atoms with E-state index in [0.29, 0.717) is 23.0 Å². The Morgan fingerprint density at radius 3 is 2.72 bits per heavy atom. The maximum atomic E-state index is 13.3. The van der Waals surface area contributed by atoms with E-state index in [1.165, 1.54) is 12.1 Å². The van der Waals surface area contributed by atoms with Crippen LogP contribution >= 0.6 is 0 Å². The number of carbonyl (C=O) groups is 1. The highest BCUT2D eigenvalue weighted by molar-refractivity contribution is 5.92. The maximum Gasteiger partial charge on any atom is 0.262 e. The summed E-state index contributed by atoms with van der Waals surface area (Å²) in [5.74, 6) is 0.144. The van der Waals surface area contributed by atoms with Crippen LogP contribution in [-0.4, -0.2) is 27.3 Å². The van der Waals surface area contributed by atoms with Crippen molar-refractivity contribution in [2.75, 3.05) is 11.9 Å². The van der Waals surface area contributed by atoms with E-state index >= 15 is 0 Å². The predicted molar refractivity (Wildman–Crippen MR) is 119 cm³/mol. The highest BCUT2D eigenvalue weighted by atomic mass is 19.1. The Hall–Kier alpha value is -3.94. The second-order valence-corrected chi connectivity index (χ2v) is 7.49. The van der Waals surface area contributed by atoms with E-state index in [0.717, 1.165) is 22.2 Å². The monoisotopic (exact) mass is 434 g/mol. The molecule has 0 aliphatic rings. The third-order valence-corrected chi connectivity index (χ3v) is 4.84. The van der Waals surface area contributed by atoms with Gasteiger partial charge in [0.15, 0.2) is 12.3 Å². The van der Waals surface area contributed by atoms with E-state index < -0.39 is 0 Å². The molecule has 0 unspecified atom stereocenters. The van der Waals surface area contributed by atoms with Crippen molar-refractivity contribution in [1.82, 2.24) is 14.8 Å². The molecule has 1 amide bonds. The van der Waals surface area contributed by atoms with Crippen LogP contribution < -0.4 is 14.8 Å². The summed E-state index contributed by atoms with van der Waals surface area (Å²) in [7, 11) is 1.79. The summed E-state index contributed by atoms with van der Waals surface area (Å²) in [6.07, 6.45) is 0. The van der Waals surface area contributed by atoms with Gasteiger partial charge in [-0.05, 0) is 55.3 Å². The summed E-state index contributed by atoms with van der Waals surface area (Å²) >= 11 is 0. The van der Waals surface area contributed by atoms with Gasteiger partial charge in [-0.3, -0.25) is 4.79 Å². The van der Waals surface area contributed by atoms with Gasteiger partial charge in [-0.15, -0.1) is 5.10 Å². The van der Waals surface area contributed by atoms with Gasteiger partial charge < -0.3 is 14.8 Å². The van der Waals surface area contributed by atoms with E-state index in [1.807, 2.05) is 32.0 Å². The van der Waals surface area contributed by atoms with Crippen molar-refractivity contribution in [3.05, 3.63) is 77.2 Å². The van der Waals surface area contributed by atoms with Crippen molar-refractivity contribution in [1.29, 1.82) is 0 Å². The fraction of sp³-hybridized carbons (Fsp3) is 0.208. The lowest BCUT2D eigenvalue weighted by Gasteiger charge is -2.10. The maximum absolute atomic E-state index is 13.3. The molecular weight excluding hydrogens is 411 g/mol. The van der Waals surface area contributed by atoms with Gasteiger partial charge in [0, 0.05) is 24.5 Å². The van der Waals surface area contributed by atoms with Crippen molar-refractivity contribution in [2.45, 2.75) is 20.5 Å². The second kappa shape index (κ2) is 9.05. The van der Waals surface area contributed by atoms with Crippen molar-refractivity contribution < 1.29 is 18.7 Å². The third-order valence-electron chi connectivity index (χ3n) is 4.84. The first-order chi connectivity index (χ1) is 15.4. The lowest BCUT2D eigenvalue weighted by atomic mass is 10.2. The van der Waals surface area contributed by atoms with Crippen LogP contribution in [0.4, 0.5) is 10.1 Å². The standard InChI is InChI=1S/C24H23FN4O3/c1-15-10-16(2)26-23-22(15)24(28-29(23)3)32-14-21(30)27-19-8-4-6-17(11-19)13-31-20-9-5-7-18(25)12-20/h4-12H,13-14H2,1-3H3,(H,27,30). The third kappa shape index (κ3) is 4.85. The van der Waals surface area contributed by atoms with Crippen LogP contribution in [0.2, 0.25) is 0 Å². The molecule has 0 radical (unpaired) electrons. The number of hydrogen-bond donors (Lipinski definition) is 1. The number of halogens is 1. The normalized spacial score (nSPS) is 10.9. The van der Waals surface area contributed by atoms with Crippen LogP contribution in [0.15, 0.2) is 54.6 Å². The van der Waals surface area contributed by atoms with E-state index in [1.54, 1.807) is 36.0 Å². The Bertz CT molecular complexity index is 1290. The molecule has 0 saturated heterocycles. The average molecular weight is 434 g/mol. The number of nitrogens with one attached hydrogen (secondary N) is 1. The highest BCUT2D eigenvalue weighted by Crippen LogP contribution is 2.27. The fourth-order valence-electron chi connectivity index (χ4n) is 3.44. The first kappa shape index (κ1) is 21.3. The summed E-state index contributed by atoms with van der Waals surface area (Å²) in [4.78, 5) is 16.9. The minimum absolute atomic E-state index is 0.191. The summed E-state index contributed by atoms with van der Waals surface area (Å²) in [6, 6.07) is 15.2. The number of carbonyl (C=O) groups excluding carboxylic acids is 1. The van der Waals surface area contributed by atoms with Gasteiger partial charge in [-0.1, -0.05) is 18.2 Å². The number of pyridine rings is 1. The van der Waals surface area contributed by atoms with Gasteiger partial charge in [0.2, 0.25) is 5.88 Å². The molecule has 7 nitrogen and oxygen atoms in total. The number of hydrogen-bond acceptors (Lipinski definition) is 5. The number of nitrogens with zero attached hydrogens (tertiary/aromatic N) is 3. The van der Waals surface area contributed by atoms with Crippen LogP contribution in [0.3, 0.4) is 0 Å². The Kier molecular flexibility index (Phi) is 6.02. The van der Waals surface area contributed by atoms with Gasteiger partial charge in [-0.2, -0.15) is 0 Å². The van der Waals surface area contributed by atoms with E-state index in [2.05, 4.69) is 15.4 Å². The molecule has 0 aliphatic heterocycles. The zero-order chi connectivity index (χ0) is 22.7. The number of rotatable bonds is 7. The minimum Gasteiger partial charge on any atom is -0.489 e. The van der Waals surface area contributed by atoms with Gasteiger partial charge in [0.1, 0.15) is 18.2 Å². The average Bonchev–Trinajstić information content (AvgIpc) is 3.07. The largest absolute Gasteiger partial charge is 0.489 e. The molecule has 0 bridgehead atoms. The molecule has 8 heteroatoms. The molecule has 2 aromatic heterocycles. The van der Waals surface area contributed by atoms with Crippen LogP contribution in [0.1, 0.15) is 16.8 Å². The number of ether oxygens (including phenoxy) is 2. The van der Waals surface area contributed by atoms with Crippen molar-refractivity contribution >= 4 is 22.6 Å². The highest BCUT2D eigenvalue weighted by Gasteiger charge is 2.15. The quantitative estimate of drug-likeness (QED) is 0.469. The van der Waals surface area contributed by atoms with E-state index in [9.17, 15) is 9.18 Å². The predicted octanol–water partition coefficient (Wildman–Crippen LogP) is 4.32. The summed E-state index contributed by atoms with van der Waals surface area (Å²) in [6.45, 7) is 3.94. The molecular formula is C24H23FN4O3. The summed E-state index contributed by atoms with van der Waals surface area (Å²) in [5.41, 5.74) is 4.04. The van der Waals surface area contributed by atoms with Crippen molar-refractivity contribution in [2.24, 2.45) is 7.05 Å². The number of aryl methyl sites for hydroxylation is 3. The number of anilines is 1. The van der Waals surface area contributed by atoms with E-state index in [-0.39, 0.29) is 24.9 Å². The molecule has 0 fully saturated rings. The van der Waals surface area contributed by atoms with Gasteiger partial charge in [0.25, 0.3) is 5.91 Å².